The van der Waals surface area contributed by atoms with Gasteiger partial charge in [-0.2, -0.15) is 11.8 Å². The van der Waals surface area contributed by atoms with Crippen molar-refractivity contribution in [2.24, 2.45) is 0 Å². The minimum Gasteiger partial charge on any atom is -0.316 e. The maximum absolute atomic E-state index is 3.16. The van der Waals surface area contributed by atoms with Crippen LogP contribution in [0.25, 0.3) is 0 Å². The molecule has 1 rings (SSSR count). The maximum atomic E-state index is 3.16. The number of likely N-dealkylation sites (N-methyl/N-ethyl adjacent to an activating group) is 1. The lowest BCUT2D eigenvalue weighted by Crippen LogP contribution is -2.10. The summed E-state index contributed by atoms with van der Waals surface area (Å²) in [5.41, 5.74) is 1.47. The molecule has 0 unspecified atom stereocenters. The molecule has 1 fully saturated rings. The standard InChI is InChI=1S/C9H17NS/c1-8(7-10-2)6-9(11-3)4-5-9/h6,10H,4-5,7H2,1-3H3/b8-6+. The van der Waals surface area contributed by atoms with Crippen molar-refractivity contribution < 1.29 is 0 Å². The van der Waals surface area contributed by atoms with Gasteiger partial charge in [-0.3, -0.25) is 0 Å². The quantitative estimate of drug-likeness (QED) is 0.650. The Hall–Kier alpha value is 0.0500. The zero-order valence-corrected chi connectivity index (χ0v) is 8.42. The second-order valence-corrected chi connectivity index (χ2v) is 4.51. The fourth-order valence-electron chi connectivity index (χ4n) is 1.31. The molecule has 0 aromatic rings. The third kappa shape index (κ3) is 2.53. The first kappa shape index (κ1) is 9.14. The highest BCUT2D eigenvalue weighted by atomic mass is 32.2. The Morgan fingerprint density at radius 1 is 1.64 bits per heavy atom. The van der Waals surface area contributed by atoms with Gasteiger partial charge >= 0.3 is 0 Å². The maximum Gasteiger partial charge on any atom is 0.0340 e. The van der Waals surface area contributed by atoms with Gasteiger partial charge in [0.05, 0.1) is 0 Å². The van der Waals surface area contributed by atoms with Crippen LogP contribution in [0.5, 0.6) is 0 Å². The molecule has 0 saturated heterocycles. The molecule has 0 spiro atoms. The molecule has 0 radical (unpaired) electrons. The van der Waals surface area contributed by atoms with E-state index in [1.54, 1.807) is 0 Å². The van der Waals surface area contributed by atoms with E-state index in [-0.39, 0.29) is 0 Å². The number of hydrogen-bond acceptors (Lipinski definition) is 2. The Kier molecular flexibility index (Phi) is 3.02. The lowest BCUT2D eigenvalue weighted by Gasteiger charge is -2.07. The van der Waals surface area contributed by atoms with Gasteiger partial charge in [-0.05, 0) is 33.1 Å². The molecular formula is C9H17NS. The predicted molar refractivity (Wildman–Crippen MR) is 53.2 cm³/mol. The van der Waals surface area contributed by atoms with Gasteiger partial charge in [0.25, 0.3) is 0 Å². The summed E-state index contributed by atoms with van der Waals surface area (Å²) in [5.74, 6) is 0. The first-order valence-electron chi connectivity index (χ1n) is 4.10. The fourth-order valence-corrected chi connectivity index (χ4v) is 2.14. The summed E-state index contributed by atoms with van der Waals surface area (Å²) in [7, 11) is 2.00. The molecular weight excluding hydrogens is 154 g/mol. The molecule has 0 amide bonds. The van der Waals surface area contributed by atoms with Crippen LogP contribution in [0.4, 0.5) is 0 Å². The summed E-state index contributed by atoms with van der Waals surface area (Å²) in [6, 6.07) is 0. The summed E-state index contributed by atoms with van der Waals surface area (Å²) in [4.78, 5) is 0. The molecule has 64 valence electrons. The van der Waals surface area contributed by atoms with Gasteiger partial charge in [-0.25, -0.2) is 0 Å². The Labute approximate surface area is 73.6 Å². The molecule has 11 heavy (non-hydrogen) atoms. The summed E-state index contributed by atoms with van der Waals surface area (Å²) < 4.78 is 0.529. The monoisotopic (exact) mass is 171 g/mol. The SMILES string of the molecule is CNC/C(C)=C/C1(SC)CC1. The molecule has 0 bridgehead atoms. The van der Waals surface area contributed by atoms with E-state index in [0.29, 0.717) is 4.75 Å². The van der Waals surface area contributed by atoms with Gasteiger partial charge in [0.15, 0.2) is 0 Å². The van der Waals surface area contributed by atoms with Gasteiger partial charge in [-0.1, -0.05) is 11.6 Å². The molecule has 0 aromatic heterocycles. The topological polar surface area (TPSA) is 12.0 Å². The minimum atomic E-state index is 0.529. The van der Waals surface area contributed by atoms with Crippen molar-refractivity contribution in [2.75, 3.05) is 19.8 Å². The van der Waals surface area contributed by atoms with Gasteiger partial charge in [0.1, 0.15) is 0 Å². The first-order chi connectivity index (χ1) is 5.22. The average Bonchev–Trinajstić information content (AvgIpc) is 2.70. The number of nitrogens with one attached hydrogen (secondary N) is 1. The highest BCUT2D eigenvalue weighted by Crippen LogP contribution is 2.48. The Morgan fingerprint density at radius 3 is 2.64 bits per heavy atom. The largest absolute Gasteiger partial charge is 0.316 e. The molecule has 1 nitrogen and oxygen atoms in total. The van der Waals surface area contributed by atoms with E-state index >= 15 is 0 Å². The van der Waals surface area contributed by atoms with Crippen LogP contribution >= 0.6 is 11.8 Å². The molecule has 0 atom stereocenters. The van der Waals surface area contributed by atoms with Crippen LogP contribution in [0.15, 0.2) is 11.6 Å². The first-order valence-corrected chi connectivity index (χ1v) is 5.33. The van der Waals surface area contributed by atoms with E-state index in [4.69, 9.17) is 0 Å². The molecule has 0 aromatic carbocycles. The molecule has 1 aliphatic rings. The number of rotatable bonds is 4. The van der Waals surface area contributed by atoms with E-state index in [2.05, 4.69) is 24.6 Å². The van der Waals surface area contributed by atoms with Crippen molar-refractivity contribution in [2.45, 2.75) is 24.5 Å². The summed E-state index contributed by atoms with van der Waals surface area (Å²) in [6.07, 6.45) is 7.37. The second-order valence-electron chi connectivity index (χ2n) is 3.29. The van der Waals surface area contributed by atoms with E-state index in [9.17, 15) is 0 Å². The molecule has 0 heterocycles. The molecule has 2 heteroatoms. The third-order valence-electron chi connectivity index (χ3n) is 2.11. The van der Waals surface area contributed by atoms with Crippen molar-refractivity contribution in [1.82, 2.24) is 5.32 Å². The molecule has 0 aliphatic heterocycles. The van der Waals surface area contributed by atoms with Gasteiger partial charge in [-0.15, -0.1) is 0 Å². The smallest absolute Gasteiger partial charge is 0.0340 e. The van der Waals surface area contributed by atoms with Gasteiger partial charge < -0.3 is 5.32 Å². The summed E-state index contributed by atoms with van der Waals surface area (Å²) in [6.45, 7) is 3.23. The molecule has 1 N–H and O–H groups in total. The van der Waals surface area contributed by atoms with Crippen molar-refractivity contribution in [3.63, 3.8) is 0 Å². The van der Waals surface area contributed by atoms with E-state index in [1.165, 1.54) is 18.4 Å². The van der Waals surface area contributed by atoms with Crippen molar-refractivity contribution in [3.05, 3.63) is 11.6 Å². The Morgan fingerprint density at radius 2 is 2.27 bits per heavy atom. The lowest BCUT2D eigenvalue weighted by molar-refractivity contribution is 0.872. The highest BCUT2D eigenvalue weighted by Gasteiger charge is 2.39. The minimum absolute atomic E-state index is 0.529. The Balaban J connectivity index is 2.43. The molecule has 1 aliphatic carbocycles. The van der Waals surface area contributed by atoms with E-state index < -0.39 is 0 Å². The van der Waals surface area contributed by atoms with Crippen LogP contribution in [-0.2, 0) is 0 Å². The van der Waals surface area contributed by atoms with E-state index in [1.807, 2.05) is 18.8 Å². The number of thioether (sulfide) groups is 1. The predicted octanol–water partition coefficient (Wildman–Crippen LogP) is 2.05. The van der Waals surface area contributed by atoms with Crippen LogP contribution in [-0.4, -0.2) is 24.6 Å². The van der Waals surface area contributed by atoms with Gasteiger partial charge in [0, 0.05) is 11.3 Å². The fraction of sp³-hybridized carbons (Fsp3) is 0.778. The van der Waals surface area contributed by atoms with Crippen molar-refractivity contribution >= 4 is 11.8 Å². The van der Waals surface area contributed by atoms with Crippen LogP contribution in [0, 0.1) is 0 Å². The lowest BCUT2D eigenvalue weighted by atomic mass is 10.2. The zero-order chi connectivity index (χ0) is 8.32. The molecule has 1 saturated carbocycles. The van der Waals surface area contributed by atoms with Crippen molar-refractivity contribution in [1.29, 1.82) is 0 Å². The summed E-state index contributed by atoms with van der Waals surface area (Å²) in [5, 5.41) is 3.16. The third-order valence-corrected chi connectivity index (χ3v) is 3.45. The normalized spacial score (nSPS) is 21.9. The van der Waals surface area contributed by atoms with E-state index in [0.717, 1.165) is 6.54 Å². The number of hydrogen-bond donors (Lipinski definition) is 1. The average molecular weight is 171 g/mol. The van der Waals surface area contributed by atoms with Crippen molar-refractivity contribution in [3.8, 4) is 0 Å². The van der Waals surface area contributed by atoms with Crippen LogP contribution < -0.4 is 5.32 Å². The zero-order valence-electron chi connectivity index (χ0n) is 7.61. The van der Waals surface area contributed by atoms with Crippen LogP contribution in [0.3, 0.4) is 0 Å². The Bertz CT molecular complexity index is 159. The highest BCUT2D eigenvalue weighted by molar-refractivity contribution is 8.00. The van der Waals surface area contributed by atoms with Crippen LogP contribution in [0.2, 0.25) is 0 Å². The second kappa shape index (κ2) is 3.63. The van der Waals surface area contributed by atoms with Gasteiger partial charge in [0.2, 0.25) is 0 Å². The van der Waals surface area contributed by atoms with Crippen LogP contribution in [0.1, 0.15) is 19.8 Å². The summed E-state index contributed by atoms with van der Waals surface area (Å²) >= 11 is 1.99.